The van der Waals surface area contributed by atoms with Crippen molar-refractivity contribution in [2.24, 2.45) is 0 Å². The molecule has 21 heavy (non-hydrogen) atoms. The predicted octanol–water partition coefficient (Wildman–Crippen LogP) is 2.66. The minimum absolute atomic E-state index is 0.175. The van der Waals surface area contributed by atoms with E-state index in [1.54, 1.807) is 0 Å². The second-order valence-corrected chi connectivity index (χ2v) is 5.94. The van der Waals surface area contributed by atoms with Crippen LogP contribution in [0.15, 0.2) is 9.59 Å². The quantitative estimate of drug-likeness (QED) is 0.621. The summed E-state index contributed by atoms with van der Waals surface area (Å²) in [6.07, 6.45) is 6.20. The van der Waals surface area contributed by atoms with E-state index < -0.39 is 5.69 Å². The smallest absolute Gasteiger partial charge is 0.329 e. The highest BCUT2D eigenvalue weighted by Crippen LogP contribution is 2.34. The Labute approximate surface area is 129 Å². The van der Waals surface area contributed by atoms with Crippen LogP contribution in [0.1, 0.15) is 56.9 Å². The van der Waals surface area contributed by atoms with Crippen molar-refractivity contribution in [2.75, 3.05) is 13.2 Å². The highest BCUT2D eigenvalue weighted by atomic mass is 35.5. The van der Waals surface area contributed by atoms with E-state index in [2.05, 4.69) is 11.9 Å². The summed E-state index contributed by atoms with van der Waals surface area (Å²) in [4.78, 5) is 27.0. The third-order valence-corrected chi connectivity index (χ3v) is 4.34. The number of H-pyrrole nitrogens is 1. The zero-order chi connectivity index (χ0) is 15.2. The Kier molecular flexibility index (Phi) is 6.06. The molecular weight excluding hydrogens is 292 g/mol. The van der Waals surface area contributed by atoms with Crippen molar-refractivity contribution in [3.8, 4) is 0 Å². The molecule has 6 heteroatoms. The Bertz CT molecular complexity index is 573. The minimum Gasteiger partial charge on any atom is -0.380 e. The molecule has 0 spiro atoms. The molecule has 0 bridgehead atoms. The molecule has 0 atom stereocenters. The van der Waals surface area contributed by atoms with Crippen LogP contribution in [0.2, 0.25) is 5.15 Å². The summed E-state index contributed by atoms with van der Waals surface area (Å²) in [7, 11) is 0. The predicted molar refractivity (Wildman–Crippen MR) is 83.3 cm³/mol. The van der Waals surface area contributed by atoms with Crippen molar-refractivity contribution in [1.29, 1.82) is 0 Å². The molecule has 0 amide bonds. The molecule has 5 nitrogen and oxygen atoms in total. The lowest BCUT2D eigenvalue weighted by Gasteiger charge is -2.13. The third-order valence-electron chi connectivity index (χ3n) is 4.04. The van der Waals surface area contributed by atoms with E-state index in [0.717, 1.165) is 38.5 Å². The molecule has 1 aliphatic rings. The molecule has 1 aromatic heterocycles. The SMILES string of the molecule is CCCCOCCn1c(=O)[nH]c(Cl)c(C2CCCC2)c1=O. The van der Waals surface area contributed by atoms with Crippen LogP contribution in [-0.2, 0) is 11.3 Å². The number of hydrogen-bond donors (Lipinski definition) is 1. The summed E-state index contributed by atoms with van der Waals surface area (Å²) >= 11 is 6.09. The van der Waals surface area contributed by atoms with Gasteiger partial charge in [0.2, 0.25) is 0 Å². The number of nitrogens with one attached hydrogen (secondary N) is 1. The second-order valence-electron chi connectivity index (χ2n) is 5.56. The van der Waals surface area contributed by atoms with Crippen LogP contribution in [0.4, 0.5) is 0 Å². The first-order chi connectivity index (χ1) is 10.1. The number of ether oxygens (including phenoxy) is 1. The van der Waals surface area contributed by atoms with Crippen molar-refractivity contribution in [2.45, 2.75) is 57.9 Å². The molecule has 1 heterocycles. The number of unbranched alkanes of at least 4 members (excludes halogenated alkanes) is 1. The topological polar surface area (TPSA) is 64.1 Å². The van der Waals surface area contributed by atoms with E-state index in [4.69, 9.17) is 16.3 Å². The number of aromatic nitrogens is 2. The molecule has 0 saturated heterocycles. The highest BCUT2D eigenvalue weighted by molar-refractivity contribution is 6.30. The molecule has 118 valence electrons. The number of nitrogens with zero attached hydrogens (tertiary/aromatic N) is 1. The van der Waals surface area contributed by atoms with Gasteiger partial charge in [0.25, 0.3) is 5.56 Å². The molecule has 0 radical (unpaired) electrons. The average Bonchev–Trinajstić information content (AvgIpc) is 2.95. The van der Waals surface area contributed by atoms with Crippen LogP contribution in [-0.4, -0.2) is 22.8 Å². The summed E-state index contributed by atoms with van der Waals surface area (Å²) in [6.45, 7) is 3.39. The van der Waals surface area contributed by atoms with Crippen LogP contribution in [0.3, 0.4) is 0 Å². The van der Waals surface area contributed by atoms with Crippen molar-refractivity contribution >= 4 is 11.6 Å². The zero-order valence-corrected chi connectivity index (χ0v) is 13.2. The maximum atomic E-state index is 12.5. The van der Waals surface area contributed by atoms with Gasteiger partial charge < -0.3 is 4.74 Å². The minimum atomic E-state index is -0.453. The lowest BCUT2D eigenvalue weighted by atomic mass is 10.0. The molecule has 1 saturated carbocycles. The molecule has 0 aliphatic heterocycles. The van der Waals surface area contributed by atoms with Gasteiger partial charge in [-0.2, -0.15) is 0 Å². The maximum absolute atomic E-state index is 12.5. The second kappa shape index (κ2) is 7.80. The standard InChI is InChI=1S/C15H23ClN2O3/c1-2-3-9-21-10-8-18-14(19)12(11-6-4-5-7-11)13(16)17-15(18)20/h11H,2-10H2,1H3,(H,17,20). The lowest BCUT2D eigenvalue weighted by molar-refractivity contribution is 0.122. The molecular formula is C15H23ClN2O3. The van der Waals surface area contributed by atoms with Gasteiger partial charge in [0.05, 0.1) is 18.7 Å². The van der Waals surface area contributed by atoms with E-state index in [0.29, 0.717) is 18.8 Å². The largest absolute Gasteiger partial charge is 0.380 e. The zero-order valence-electron chi connectivity index (χ0n) is 12.5. The fourth-order valence-corrected chi connectivity index (χ4v) is 3.15. The molecule has 2 rings (SSSR count). The summed E-state index contributed by atoms with van der Waals surface area (Å²) in [5, 5.41) is 0.208. The van der Waals surface area contributed by atoms with Gasteiger partial charge in [-0.25, -0.2) is 4.79 Å². The van der Waals surface area contributed by atoms with Gasteiger partial charge in [-0.15, -0.1) is 0 Å². The summed E-state index contributed by atoms with van der Waals surface area (Å²) in [5.41, 5.74) is -0.136. The molecule has 0 aromatic carbocycles. The van der Waals surface area contributed by atoms with Crippen LogP contribution in [0, 0.1) is 0 Å². The van der Waals surface area contributed by atoms with Crippen molar-refractivity contribution in [3.05, 3.63) is 31.6 Å². The summed E-state index contributed by atoms with van der Waals surface area (Å²) < 4.78 is 6.65. The Morgan fingerprint density at radius 2 is 2.00 bits per heavy atom. The lowest BCUT2D eigenvalue weighted by Crippen LogP contribution is -2.39. The Morgan fingerprint density at radius 3 is 2.67 bits per heavy atom. The van der Waals surface area contributed by atoms with Gasteiger partial charge in [-0.3, -0.25) is 14.3 Å². The fourth-order valence-electron chi connectivity index (χ4n) is 2.84. The monoisotopic (exact) mass is 314 g/mol. The molecule has 1 aliphatic carbocycles. The highest BCUT2D eigenvalue weighted by Gasteiger charge is 2.24. The van der Waals surface area contributed by atoms with E-state index in [1.165, 1.54) is 4.57 Å². The molecule has 1 N–H and O–H groups in total. The molecule has 1 fully saturated rings. The van der Waals surface area contributed by atoms with E-state index >= 15 is 0 Å². The molecule has 0 unspecified atom stereocenters. The van der Waals surface area contributed by atoms with Crippen molar-refractivity contribution in [1.82, 2.24) is 9.55 Å². The summed E-state index contributed by atoms with van der Waals surface area (Å²) in [5.74, 6) is 0.175. The maximum Gasteiger partial charge on any atom is 0.329 e. The first-order valence-corrected chi connectivity index (χ1v) is 8.13. The van der Waals surface area contributed by atoms with Crippen LogP contribution >= 0.6 is 11.6 Å². The van der Waals surface area contributed by atoms with Gasteiger partial charge in [-0.1, -0.05) is 37.8 Å². The van der Waals surface area contributed by atoms with Crippen molar-refractivity contribution in [3.63, 3.8) is 0 Å². The normalized spacial score (nSPS) is 15.7. The Morgan fingerprint density at radius 1 is 1.29 bits per heavy atom. The van der Waals surface area contributed by atoms with Gasteiger partial charge in [0.1, 0.15) is 5.15 Å². The van der Waals surface area contributed by atoms with Crippen molar-refractivity contribution < 1.29 is 4.74 Å². The van der Waals surface area contributed by atoms with Gasteiger partial charge >= 0.3 is 5.69 Å². The fraction of sp³-hybridized carbons (Fsp3) is 0.733. The summed E-state index contributed by atoms with van der Waals surface area (Å²) in [6, 6.07) is 0. The van der Waals surface area contributed by atoms with Gasteiger partial charge in [0.15, 0.2) is 0 Å². The Hall–Kier alpha value is -1.07. The molecule has 1 aromatic rings. The number of rotatable bonds is 7. The Balaban J connectivity index is 2.15. The first-order valence-electron chi connectivity index (χ1n) is 7.75. The first kappa shape index (κ1) is 16.3. The van der Waals surface area contributed by atoms with E-state index in [-0.39, 0.29) is 23.2 Å². The van der Waals surface area contributed by atoms with E-state index in [1.807, 2.05) is 0 Å². The third kappa shape index (κ3) is 3.98. The number of halogens is 1. The van der Waals surface area contributed by atoms with Crippen LogP contribution in [0.25, 0.3) is 0 Å². The number of hydrogen-bond acceptors (Lipinski definition) is 3. The number of aromatic amines is 1. The van der Waals surface area contributed by atoms with Crippen LogP contribution in [0.5, 0.6) is 0 Å². The van der Waals surface area contributed by atoms with Gasteiger partial charge in [-0.05, 0) is 25.2 Å². The average molecular weight is 315 g/mol. The van der Waals surface area contributed by atoms with Gasteiger partial charge in [0, 0.05) is 6.61 Å². The van der Waals surface area contributed by atoms with E-state index in [9.17, 15) is 9.59 Å². The van der Waals surface area contributed by atoms with Crippen LogP contribution < -0.4 is 11.2 Å².